The Morgan fingerprint density at radius 2 is 1.84 bits per heavy atom. The fourth-order valence-electron chi connectivity index (χ4n) is 2.24. The second-order valence-electron chi connectivity index (χ2n) is 6.32. The number of carbonyl (C=O) groups is 1. The Morgan fingerprint density at radius 1 is 1.16 bits per heavy atom. The number of hydrogen-bond donors (Lipinski definition) is 2. The molecule has 0 bridgehead atoms. The first-order chi connectivity index (χ1) is 14.7. The van der Waals surface area contributed by atoms with Crippen molar-refractivity contribution in [2.75, 3.05) is 19.8 Å². The predicted molar refractivity (Wildman–Crippen MR) is 107 cm³/mol. The Morgan fingerprint density at radius 3 is 2.48 bits per heavy atom. The molecule has 0 fully saturated rings. The SMILES string of the molecule is C[C@H](OCC(F)(F)F)C(=O)O.c1ccc(OCCNCc2nc3ccccc3o2)cc1. The highest BCUT2D eigenvalue weighted by atomic mass is 19.4. The third-order valence-corrected chi connectivity index (χ3v) is 3.75. The number of carboxylic acids is 1. The van der Waals surface area contributed by atoms with Crippen molar-refractivity contribution in [3.8, 4) is 5.75 Å². The zero-order chi connectivity index (χ0) is 22.7. The van der Waals surface area contributed by atoms with Crippen LogP contribution in [0.1, 0.15) is 12.8 Å². The van der Waals surface area contributed by atoms with Crippen LogP contribution < -0.4 is 10.1 Å². The molecular formula is C21H23F3N2O5. The monoisotopic (exact) mass is 440 g/mol. The van der Waals surface area contributed by atoms with Gasteiger partial charge in [0.25, 0.3) is 0 Å². The van der Waals surface area contributed by atoms with E-state index in [1.807, 2.05) is 54.6 Å². The largest absolute Gasteiger partial charge is 0.492 e. The van der Waals surface area contributed by atoms with Crippen molar-refractivity contribution in [2.45, 2.75) is 25.7 Å². The van der Waals surface area contributed by atoms with Gasteiger partial charge in [-0.25, -0.2) is 9.78 Å². The lowest BCUT2D eigenvalue weighted by molar-refractivity contribution is -0.190. The summed E-state index contributed by atoms with van der Waals surface area (Å²) in [5.74, 6) is 0.177. The summed E-state index contributed by atoms with van der Waals surface area (Å²) in [4.78, 5) is 14.3. The highest BCUT2D eigenvalue weighted by molar-refractivity contribution is 5.72. The Bertz CT molecular complexity index is 898. The zero-order valence-corrected chi connectivity index (χ0v) is 16.8. The summed E-state index contributed by atoms with van der Waals surface area (Å²) in [6.07, 6.45) is -5.89. The number of benzene rings is 2. The average molecular weight is 440 g/mol. The molecule has 2 aromatic carbocycles. The number of hydrogen-bond acceptors (Lipinski definition) is 6. The molecule has 0 saturated carbocycles. The standard InChI is InChI=1S/C16H16N2O2.C5H7F3O3/c1-2-6-13(7-3-1)19-11-10-17-12-16-18-14-8-4-5-9-15(14)20-16;1-3(4(9)10)11-2-5(6,7)8/h1-9,17H,10-12H2;3H,2H2,1H3,(H,9,10)/t;3-/m.0/s1. The van der Waals surface area contributed by atoms with Crippen LogP contribution in [0.15, 0.2) is 59.0 Å². The van der Waals surface area contributed by atoms with Gasteiger partial charge in [-0.1, -0.05) is 30.3 Å². The molecule has 10 heteroatoms. The molecule has 1 aromatic heterocycles. The van der Waals surface area contributed by atoms with Gasteiger partial charge in [0.15, 0.2) is 11.7 Å². The summed E-state index contributed by atoms with van der Waals surface area (Å²) in [6, 6.07) is 17.5. The number of rotatable bonds is 9. The minimum atomic E-state index is -4.47. The van der Waals surface area contributed by atoms with Gasteiger partial charge in [0.2, 0.25) is 5.89 Å². The maximum absolute atomic E-state index is 11.4. The van der Waals surface area contributed by atoms with Gasteiger partial charge in [0.05, 0.1) is 6.54 Å². The molecule has 31 heavy (non-hydrogen) atoms. The van der Waals surface area contributed by atoms with Crippen molar-refractivity contribution in [1.82, 2.24) is 10.3 Å². The highest BCUT2D eigenvalue weighted by Gasteiger charge is 2.29. The van der Waals surface area contributed by atoms with Crippen LogP contribution in [0.25, 0.3) is 11.1 Å². The normalized spacial score (nSPS) is 12.1. The quantitative estimate of drug-likeness (QED) is 0.485. The first kappa shape index (κ1) is 24.2. The fraction of sp³-hybridized carbons (Fsp3) is 0.333. The van der Waals surface area contributed by atoms with Gasteiger partial charge < -0.3 is 24.3 Å². The Kier molecular flexibility index (Phi) is 9.29. The van der Waals surface area contributed by atoms with Crippen LogP contribution in [0, 0.1) is 0 Å². The van der Waals surface area contributed by atoms with Crippen LogP contribution in [0.5, 0.6) is 5.75 Å². The van der Waals surface area contributed by atoms with E-state index in [0.29, 0.717) is 19.0 Å². The topological polar surface area (TPSA) is 93.8 Å². The maximum Gasteiger partial charge on any atom is 0.411 e. The molecule has 0 aliphatic carbocycles. The van der Waals surface area contributed by atoms with Crippen molar-refractivity contribution in [3.05, 3.63) is 60.5 Å². The van der Waals surface area contributed by atoms with Crippen molar-refractivity contribution in [2.24, 2.45) is 0 Å². The van der Waals surface area contributed by atoms with Crippen LogP contribution in [0.4, 0.5) is 13.2 Å². The van der Waals surface area contributed by atoms with E-state index in [-0.39, 0.29) is 0 Å². The number of aromatic nitrogens is 1. The third-order valence-electron chi connectivity index (χ3n) is 3.75. The lowest BCUT2D eigenvalue weighted by Gasteiger charge is -2.09. The molecule has 1 atom stereocenters. The summed E-state index contributed by atoms with van der Waals surface area (Å²) < 4.78 is 49.2. The van der Waals surface area contributed by atoms with Gasteiger partial charge in [0.1, 0.15) is 24.5 Å². The highest BCUT2D eigenvalue weighted by Crippen LogP contribution is 2.15. The number of aliphatic carboxylic acids is 1. The van der Waals surface area contributed by atoms with Gasteiger partial charge >= 0.3 is 12.1 Å². The van der Waals surface area contributed by atoms with Crippen molar-refractivity contribution < 1.29 is 37.0 Å². The summed E-state index contributed by atoms with van der Waals surface area (Å²) in [5.41, 5.74) is 1.72. The molecule has 1 heterocycles. The minimum Gasteiger partial charge on any atom is -0.492 e. The lowest BCUT2D eigenvalue weighted by atomic mass is 10.3. The van der Waals surface area contributed by atoms with E-state index in [1.165, 1.54) is 0 Å². The maximum atomic E-state index is 11.4. The molecule has 0 aliphatic rings. The Labute approximate surface area is 176 Å². The smallest absolute Gasteiger partial charge is 0.411 e. The van der Waals surface area contributed by atoms with E-state index in [9.17, 15) is 18.0 Å². The molecular weight excluding hydrogens is 417 g/mol. The Hall–Kier alpha value is -3.11. The summed E-state index contributed by atoms with van der Waals surface area (Å²) in [5, 5.41) is 11.3. The van der Waals surface area contributed by atoms with Gasteiger partial charge in [0, 0.05) is 6.54 Å². The summed E-state index contributed by atoms with van der Waals surface area (Å²) in [6.45, 7) is 1.47. The second kappa shape index (κ2) is 11.9. The number of alkyl halides is 3. The second-order valence-corrected chi connectivity index (χ2v) is 6.32. The van der Waals surface area contributed by atoms with Gasteiger partial charge in [-0.3, -0.25) is 0 Å². The number of ether oxygens (including phenoxy) is 2. The summed E-state index contributed by atoms with van der Waals surface area (Å²) >= 11 is 0. The third kappa shape index (κ3) is 9.49. The molecule has 0 unspecified atom stereocenters. The van der Waals surface area contributed by atoms with E-state index in [4.69, 9.17) is 14.3 Å². The zero-order valence-electron chi connectivity index (χ0n) is 16.8. The fourth-order valence-corrected chi connectivity index (χ4v) is 2.24. The molecule has 0 aliphatic heterocycles. The Balaban J connectivity index is 0.000000267. The number of carboxylic acid groups (broad SMARTS) is 1. The number of fused-ring (bicyclic) bond motifs is 1. The van der Waals surface area contributed by atoms with E-state index in [1.54, 1.807) is 0 Å². The van der Waals surface area contributed by atoms with Crippen LogP contribution in [0.2, 0.25) is 0 Å². The number of nitrogens with zero attached hydrogens (tertiary/aromatic N) is 1. The van der Waals surface area contributed by atoms with E-state index < -0.39 is 24.9 Å². The number of para-hydroxylation sites is 3. The molecule has 2 N–H and O–H groups in total. The number of halogens is 3. The molecule has 0 radical (unpaired) electrons. The van der Waals surface area contributed by atoms with Crippen LogP contribution in [-0.2, 0) is 16.1 Å². The van der Waals surface area contributed by atoms with E-state index in [2.05, 4.69) is 15.0 Å². The van der Waals surface area contributed by atoms with Crippen LogP contribution in [0.3, 0.4) is 0 Å². The first-order valence-corrected chi connectivity index (χ1v) is 9.39. The van der Waals surface area contributed by atoms with Crippen LogP contribution >= 0.6 is 0 Å². The molecule has 3 aromatic rings. The molecule has 0 saturated heterocycles. The molecule has 0 amide bonds. The first-order valence-electron chi connectivity index (χ1n) is 9.39. The van der Waals surface area contributed by atoms with Crippen molar-refractivity contribution >= 4 is 17.1 Å². The number of oxazole rings is 1. The minimum absolute atomic E-state index is 0.604. The average Bonchev–Trinajstić information content (AvgIpc) is 3.15. The van der Waals surface area contributed by atoms with E-state index in [0.717, 1.165) is 30.3 Å². The van der Waals surface area contributed by atoms with E-state index >= 15 is 0 Å². The van der Waals surface area contributed by atoms with Gasteiger partial charge in [-0.15, -0.1) is 0 Å². The molecule has 7 nitrogen and oxygen atoms in total. The van der Waals surface area contributed by atoms with Gasteiger partial charge in [-0.05, 0) is 31.2 Å². The van der Waals surface area contributed by atoms with Gasteiger partial charge in [-0.2, -0.15) is 13.2 Å². The molecule has 168 valence electrons. The van der Waals surface area contributed by atoms with Crippen molar-refractivity contribution in [1.29, 1.82) is 0 Å². The number of nitrogens with one attached hydrogen (secondary N) is 1. The van der Waals surface area contributed by atoms with Crippen molar-refractivity contribution in [3.63, 3.8) is 0 Å². The van der Waals surface area contributed by atoms with Crippen LogP contribution in [-0.4, -0.2) is 48.1 Å². The molecule has 0 spiro atoms. The predicted octanol–water partition coefficient (Wildman–Crippen LogP) is 4.03. The summed E-state index contributed by atoms with van der Waals surface area (Å²) in [7, 11) is 0. The molecule has 3 rings (SSSR count). The lowest BCUT2D eigenvalue weighted by Crippen LogP contribution is -2.26.